The lowest BCUT2D eigenvalue weighted by atomic mass is 10.0. The first-order valence-electron chi connectivity index (χ1n) is 18.5. The fraction of sp³-hybridized carbons (Fsp3) is 0.318. The molecule has 56 heavy (non-hydrogen) atoms. The number of piperazine rings is 1. The second-order valence-corrected chi connectivity index (χ2v) is 14.1. The average Bonchev–Trinajstić information content (AvgIpc) is 3.20. The highest BCUT2D eigenvalue weighted by Gasteiger charge is 2.32. The molecule has 292 valence electrons. The van der Waals surface area contributed by atoms with Crippen LogP contribution < -0.4 is 4.90 Å². The van der Waals surface area contributed by atoms with Crippen molar-refractivity contribution in [3.05, 3.63) is 143 Å². The van der Waals surface area contributed by atoms with Gasteiger partial charge in [-0.1, -0.05) is 66.7 Å². The van der Waals surface area contributed by atoms with Gasteiger partial charge in [0.05, 0.1) is 17.2 Å². The molecule has 0 unspecified atom stereocenters. The quantitative estimate of drug-likeness (QED) is 0.137. The van der Waals surface area contributed by atoms with Crippen molar-refractivity contribution in [2.24, 2.45) is 0 Å². The van der Waals surface area contributed by atoms with Crippen molar-refractivity contribution in [1.29, 1.82) is 5.26 Å². The van der Waals surface area contributed by atoms with Crippen LogP contribution in [0.2, 0.25) is 0 Å². The summed E-state index contributed by atoms with van der Waals surface area (Å²) in [5.41, 5.74) is 3.81. The maximum atomic E-state index is 14.5. The van der Waals surface area contributed by atoms with Gasteiger partial charge in [0.25, 0.3) is 0 Å². The third-order valence-corrected chi connectivity index (χ3v) is 9.95. The molecule has 1 saturated heterocycles. The number of halogens is 3. The van der Waals surface area contributed by atoms with Gasteiger partial charge in [-0.05, 0) is 71.8 Å². The van der Waals surface area contributed by atoms with Gasteiger partial charge in [0, 0.05) is 84.5 Å². The molecule has 0 spiro atoms. The molecule has 0 bridgehead atoms. The topological polar surface area (TPSA) is 91.2 Å². The van der Waals surface area contributed by atoms with Crippen LogP contribution in [0.4, 0.5) is 18.9 Å². The van der Waals surface area contributed by atoms with Gasteiger partial charge < -0.3 is 24.5 Å². The third-order valence-electron chi connectivity index (χ3n) is 9.95. The summed E-state index contributed by atoms with van der Waals surface area (Å²) in [6, 6.07) is 30.4. The van der Waals surface area contributed by atoms with E-state index in [1.54, 1.807) is 24.9 Å². The van der Waals surface area contributed by atoms with E-state index in [9.17, 15) is 32.8 Å². The van der Waals surface area contributed by atoms with Crippen LogP contribution >= 0.6 is 0 Å². The van der Waals surface area contributed by atoms with Gasteiger partial charge >= 0.3 is 6.18 Å². The maximum absolute atomic E-state index is 14.5. The first-order chi connectivity index (χ1) is 26.8. The summed E-state index contributed by atoms with van der Waals surface area (Å²) in [6.45, 7) is 5.79. The molecular weight excluding hydrogens is 718 g/mol. The summed E-state index contributed by atoms with van der Waals surface area (Å²) in [7, 11) is 3.65. The van der Waals surface area contributed by atoms with E-state index < -0.39 is 23.7 Å². The fourth-order valence-corrected chi connectivity index (χ4v) is 6.66. The van der Waals surface area contributed by atoms with Gasteiger partial charge in [0.15, 0.2) is 0 Å². The van der Waals surface area contributed by atoms with Crippen LogP contribution in [0, 0.1) is 11.3 Å². The van der Waals surface area contributed by atoms with Crippen LogP contribution in [0.25, 0.3) is 6.08 Å². The number of hydrogen-bond acceptors (Lipinski definition) is 6. The Hall–Kier alpha value is -5.93. The number of carbonyl (C=O) groups excluding carboxylic acids is 3. The number of hydrogen-bond donors (Lipinski definition) is 0. The van der Waals surface area contributed by atoms with Crippen molar-refractivity contribution in [1.82, 2.24) is 19.6 Å². The largest absolute Gasteiger partial charge is 0.416 e. The average molecular weight is 765 g/mol. The summed E-state index contributed by atoms with van der Waals surface area (Å²) in [4.78, 5) is 49.8. The van der Waals surface area contributed by atoms with Gasteiger partial charge in [-0.2, -0.15) is 18.4 Å². The number of likely N-dealkylation sites (N-methyl/N-ethyl adjacent to an activating group) is 2. The molecule has 0 aromatic heterocycles. The van der Waals surface area contributed by atoms with E-state index >= 15 is 0 Å². The Morgan fingerprint density at radius 3 is 2.09 bits per heavy atom. The van der Waals surface area contributed by atoms with Crippen molar-refractivity contribution < 1.29 is 27.6 Å². The molecule has 3 amide bonds. The second-order valence-electron chi connectivity index (χ2n) is 14.1. The summed E-state index contributed by atoms with van der Waals surface area (Å²) in [5.74, 6) is -0.673. The van der Waals surface area contributed by atoms with Crippen molar-refractivity contribution in [2.45, 2.75) is 38.7 Å². The fourth-order valence-electron chi connectivity index (χ4n) is 6.66. The van der Waals surface area contributed by atoms with Crippen LogP contribution in [0.1, 0.15) is 40.3 Å². The van der Waals surface area contributed by atoms with E-state index in [0.29, 0.717) is 56.9 Å². The van der Waals surface area contributed by atoms with Gasteiger partial charge in [-0.15, -0.1) is 0 Å². The van der Waals surface area contributed by atoms with Gasteiger partial charge in [0.1, 0.15) is 6.04 Å². The Morgan fingerprint density at radius 1 is 0.804 bits per heavy atom. The van der Waals surface area contributed by atoms with Crippen LogP contribution in [0.5, 0.6) is 0 Å². The Bertz CT molecular complexity index is 2000. The first-order valence-corrected chi connectivity index (χ1v) is 18.5. The molecule has 1 fully saturated rings. The molecule has 9 nitrogen and oxygen atoms in total. The molecule has 12 heteroatoms. The maximum Gasteiger partial charge on any atom is 0.416 e. The molecule has 1 heterocycles. The standard InChI is InChI=1S/C44H47F3N6O3/c1-33(54)51-24-26-52(27-25-51)40-19-14-36(15-20-40)32-53(42(55)21-16-34-12-17-39(18-13-34)44(45,46)47)41(29-35-8-5-4-6-9-35)43(56)50(3)23-22-49(2)31-38-11-7-10-37(28-38)30-48/h4-21,28,41H,22-27,29,31-32H2,1-3H3/b21-16+/t41-/m0/s1. The molecule has 0 N–H and O–H groups in total. The van der Waals surface area contributed by atoms with Crippen LogP contribution in [-0.2, 0) is 40.1 Å². The number of carbonyl (C=O) groups is 3. The first kappa shape index (κ1) is 41.2. The molecule has 0 saturated carbocycles. The highest BCUT2D eigenvalue weighted by molar-refractivity contribution is 5.95. The molecule has 4 aromatic rings. The molecule has 1 atom stereocenters. The predicted molar refractivity (Wildman–Crippen MR) is 211 cm³/mol. The zero-order chi connectivity index (χ0) is 40.2. The molecule has 1 aliphatic rings. The molecule has 0 aliphatic carbocycles. The number of nitriles is 1. The summed E-state index contributed by atoms with van der Waals surface area (Å²) < 4.78 is 39.6. The number of alkyl halides is 3. The Labute approximate surface area is 326 Å². The third kappa shape index (κ3) is 11.5. The highest BCUT2D eigenvalue weighted by Crippen LogP contribution is 2.29. The van der Waals surface area contributed by atoms with Crippen LogP contribution in [0.15, 0.2) is 109 Å². The van der Waals surface area contributed by atoms with Gasteiger partial charge in [0.2, 0.25) is 17.7 Å². The monoisotopic (exact) mass is 764 g/mol. The normalized spacial score (nSPS) is 13.8. The van der Waals surface area contributed by atoms with E-state index in [-0.39, 0.29) is 24.8 Å². The van der Waals surface area contributed by atoms with Crippen molar-refractivity contribution >= 4 is 29.5 Å². The van der Waals surface area contributed by atoms with E-state index in [4.69, 9.17) is 0 Å². The zero-order valence-corrected chi connectivity index (χ0v) is 32.0. The minimum atomic E-state index is -4.48. The van der Waals surface area contributed by atoms with Crippen molar-refractivity contribution in [3.63, 3.8) is 0 Å². The summed E-state index contributed by atoms with van der Waals surface area (Å²) >= 11 is 0. The Balaban J connectivity index is 1.40. The number of benzene rings is 4. The van der Waals surface area contributed by atoms with E-state index in [1.807, 2.05) is 84.7 Å². The van der Waals surface area contributed by atoms with E-state index in [0.717, 1.165) is 34.5 Å². The molecular formula is C44H47F3N6O3. The number of rotatable bonds is 14. The van der Waals surface area contributed by atoms with Gasteiger partial charge in [-0.3, -0.25) is 14.4 Å². The Kier molecular flexibility index (Phi) is 14.1. The summed E-state index contributed by atoms with van der Waals surface area (Å²) in [6.07, 6.45) is -1.48. The minimum absolute atomic E-state index is 0.0525. The van der Waals surface area contributed by atoms with Crippen molar-refractivity contribution in [3.8, 4) is 6.07 Å². The lowest BCUT2D eigenvalue weighted by Gasteiger charge is -2.36. The molecule has 0 radical (unpaired) electrons. The van der Waals surface area contributed by atoms with E-state index in [2.05, 4.69) is 15.9 Å². The summed E-state index contributed by atoms with van der Waals surface area (Å²) in [5, 5.41) is 9.30. The zero-order valence-electron chi connectivity index (χ0n) is 32.0. The number of nitrogens with zero attached hydrogens (tertiary/aromatic N) is 6. The van der Waals surface area contributed by atoms with Crippen LogP contribution in [-0.4, -0.2) is 96.7 Å². The highest BCUT2D eigenvalue weighted by atomic mass is 19.4. The Morgan fingerprint density at radius 2 is 1.46 bits per heavy atom. The minimum Gasteiger partial charge on any atom is -0.368 e. The smallest absolute Gasteiger partial charge is 0.368 e. The van der Waals surface area contributed by atoms with Gasteiger partial charge in [-0.25, -0.2) is 0 Å². The number of amides is 3. The lowest BCUT2D eigenvalue weighted by molar-refractivity contribution is -0.143. The molecule has 4 aromatic carbocycles. The van der Waals surface area contributed by atoms with Crippen molar-refractivity contribution in [2.75, 3.05) is 58.3 Å². The second kappa shape index (κ2) is 19.1. The van der Waals surface area contributed by atoms with Crippen LogP contribution in [0.3, 0.4) is 0 Å². The number of anilines is 1. The molecule has 1 aliphatic heterocycles. The van der Waals surface area contributed by atoms with E-state index in [1.165, 1.54) is 29.2 Å². The molecule has 5 rings (SSSR count). The lowest BCUT2D eigenvalue weighted by Crippen LogP contribution is -2.51. The predicted octanol–water partition coefficient (Wildman–Crippen LogP) is 6.49. The SMILES string of the molecule is CC(=O)N1CCN(c2ccc(CN(C(=O)/C=C/c3ccc(C(F)(F)F)cc3)[C@@H](Cc3ccccc3)C(=O)N(C)CCN(C)Cc3cccc(C#N)c3)cc2)CC1.